The van der Waals surface area contributed by atoms with Crippen molar-refractivity contribution in [1.82, 2.24) is 15.1 Å². The molecule has 122 valence electrons. The van der Waals surface area contributed by atoms with E-state index in [1.165, 1.54) is 12.1 Å². The van der Waals surface area contributed by atoms with E-state index in [2.05, 4.69) is 26.3 Å². The number of rotatable bonds is 5. The van der Waals surface area contributed by atoms with Crippen LogP contribution in [0, 0.1) is 5.82 Å². The average Bonchev–Trinajstić information content (AvgIpc) is 3.03. The Morgan fingerprint density at radius 2 is 1.96 bits per heavy atom. The van der Waals surface area contributed by atoms with E-state index in [0.717, 1.165) is 11.4 Å². The molecule has 1 amide bonds. The number of hydrogen-bond acceptors (Lipinski definition) is 2. The van der Waals surface area contributed by atoms with E-state index in [1.54, 1.807) is 10.7 Å². The van der Waals surface area contributed by atoms with Gasteiger partial charge >= 0.3 is 0 Å². The van der Waals surface area contributed by atoms with Gasteiger partial charge in [-0.2, -0.15) is 5.10 Å². The number of aromatic nitrogens is 2. The number of nitrogens with one attached hydrogen (secondary N) is 1. The van der Waals surface area contributed by atoms with Crippen LogP contribution in [0.15, 0.2) is 65.3 Å². The smallest absolute Gasteiger partial charge is 0.251 e. The standard InChI is InChI=1S/C18H15BrFN3O/c19-14-10-13(11-15(20)12-14)18(24)21-8-6-16-7-9-23(22-16)17-4-2-1-3-5-17/h1-5,7,9-12H,6,8H2,(H,21,24). The SMILES string of the molecule is O=C(NCCc1ccn(-c2ccccc2)n1)c1cc(F)cc(Br)c1. The highest BCUT2D eigenvalue weighted by atomic mass is 79.9. The number of hydrogen-bond donors (Lipinski definition) is 1. The van der Waals surface area contributed by atoms with Crippen molar-refractivity contribution in [1.29, 1.82) is 0 Å². The van der Waals surface area contributed by atoms with Crippen LogP contribution in [0.3, 0.4) is 0 Å². The quantitative estimate of drug-likeness (QED) is 0.724. The highest BCUT2D eigenvalue weighted by Crippen LogP contribution is 2.14. The van der Waals surface area contributed by atoms with Crippen LogP contribution in [-0.2, 0) is 6.42 Å². The van der Waals surface area contributed by atoms with Gasteiger partial charge in [0.25, 0.3) is 5.91 Å². The summed E-state index contributed by atoms with van der Waals surface area (Å²) in [5, 5.41) is 7.25. The van der Waals surface area contributed by atoms with Crippen LogP contribution in [0.1, 0.15) is 16.1 Å². The largest absolute Gasteiger partial charge is 0.352 e. The molecule has 0 aliphatic heterocycles. The van der Waals surface area contributed by atoms with Gasteiger partial charge in [0, 0.05) is 29.2 Å². The fourth-order valence-electron chi connectivity index (χ4n) is 2.31. The third kappa shape index (κ3) is 4.08. The Morgan fingerprint density at radius 1 is 1.17 bits per heavy atom. The molecule has 0 aliphatic rings. The molecule has 2 aromatic carbocycles. The summed E-state index contributed by atoms with van der Waals surface area (Å²) in [6.07, 6.45) is 2.48. The Morgan fingerprint density at radius 3 is 2.71 bits per heavy atom. The Labute approximate surface area is 147 Å². The molecule has 0 aliphatic carbocycles. The van der Waals surface area contributed by atoms with Crippen molar-refractivity contribution in [3.8, 4) is 5.69 Å². The van der Waals surface area contributed by atoms with Gasteiger partial charge < -0.3 is 5.32 Å². The predicted octanol–water partition coefficient (Wildman–Crippen LogP) is 3.75. The number of carbonyl (C=O) groups is 1. The third-order valence-electron chi connectivity index (χ3n) is 3.46. The molecule has 1 aromatic heterocycles. The molecule has 3 rings (SSSR count). The van der Waals surface area contributed by atoms with Gasteiger partial charge in [-0.15, -0.1) is 0 Å². The highest BCUT2D eigenvalue weighted by Gasteiger charge is 2.08. The average molecular weight is 388 g/mol. The molecule has 0 spiro atoms. The molecule has 0 saturated carbocycles. The minimum Gasteiger partial charge on any atom is -0.352 e. The van der Waals surface area contributed by atoms with Crippen molar-refractivity contribution in [2.24, 2.45) is 0 Å². The first-order valence-corrected chi connectivity index (χ1v) is 8.25. The summed E-state index contributed by atoms with van der Waals surface area (Å²) in [6.45, 7) is 0.429. The molecule has 1 heterocycles. The Hall–Kier alpha value is -2.47. The predicted molar refractivity (Wildman–Crippen MR) is 93.7 cm³/mol. The topological polar surface area (TPSA) is 46.9 Å². The molecule has 3 aromatic rings. The molecule has 0 radical (unpaired) electrons. The zero-order chi connectivity index (χ0) is 16.9. The lowest BCUT2D eigenvalue weighted by Crippen LogP contribution is -2.26. The maximum Gasteiger partial charge on any atom is 0.251 e. The molecule has 0 bridgehead atoms. The van der Waals surface area contributed by atoms with Gasteiger partial charge in [-0.25, -0.2) is 9.07 Å². The molecule has 24 heavy (non-hydrogen) atoms. The minimum absolute atomic E-state index is 0.289. The number of amides is 1. The summed E-state index contributed by atoms with van der Waals surface area (Å²) in [4.78, 5) is 12.0. The van der Waals surface area contributed by atoms with Crippen LogP contribution in [0.4, 0.5) is 4.39 Å². The zero-order valence-corrected chi connectivity index (χ0v) is 14.3. The molecule has 0 saturated heterocycles. The molecule has 4 nitrogen and oxygen atoms in total. The summed E-state index contributed by atoms with van der Waals surface area (Å²) in [7, 11) is 0. The molecule has 0 fully saturated rings. The van der Waals surface area contributed by atoms with Gasteiger partial charge in [0.05, 0.1) is 11.4 Å². The number of benzene rings is 2. The van der Waals surface area contributed by atoms with E-state index < -0.39 is 5.82 Å². The van der Waals surface area contributed by atoms with E-state index in [9.17, 15) is 9.18 Å². The van der Waals surface area contributed by atoms with Crippen molar-refractivity contribution in [2.45, 2.75) is 6.42 Å². The second kappa shape index (κ2) is 7.40. The van der Waals surface area contributed by atoms with E-state index in [4.69, 9.17) is 0 Å². The highest BCUT2D eigenvalue weighted by molar-refractivity contribution is 9.10. The molecular formula is C18H15BrFN3O. The minimum atomic E-state index is -0.448. The van der Waals surface area contributed by atoms with Gasteiger partial charge in [0.15, 0.2) is 0 Å². The maximum atomic E-state index is 13.3. The van der Waals surface area contributed by atoms with E-state index in [-0.39, 0.29) is 11.5 Å². The molecule has 0 unspecified atom stereocenters. The summed E-state index contributed by atoms with van der Waals surface area (Å²) in [6, 6.07) is 15.8. The zero-order valence-electron chi connectivity index (χ0n) is 12.7. The van der Waals surface area contributed by atoms with Crippen LogP contribution >= 0.6 is 15.9 Å². The number of halogens is 2. The summed E-state index contributed by atoms with van der Waals surface area (Å²) in [5.41, 5.74) is 2.15. The van der Waals surface area contributed by atoms with E-state index >= 15 is 0 Å². The van der Waals surface area contributed by atoms with Crippen LogP contribution in [0.5, 0.6) is 0 Å². The fraction of sp³-hybridized carbons (Fsp3) is 0.111. The monoisotopic (exact) mass is 387 g/mol. The van der Waals surface area contributed by atoms with Crippen LogP contribution < -0.4 is 5.32 Å². The lowest BCUT2D eigenvalue weighted by atomic mass is 10.2. The number of para-hydroxylation sites is 1. The van der Waals surface area contributed by atoms with Gasteiger partial charge in [0.2, 0.25) is 0 Å². The maximum absolute atomic E-state index is 13.3. The fourth-order valence-corrected chi connectivity index (χ4v) is 2.78. The van der Waals surface area contributed by atoms with Gasteiger partial charge in [-0.1, -0.05) is 34.1 Å². The first-order valence-electron chi connectivity index (χ1n) is 7.46. The number of nitrogens with zero attached hydrogens (tertiary/aromatic N) is 2. The number of carbonyl (C=O) groups excluding carboxylic acids is 1. The van der Waals surface area contributed by atoms with Gasteiger partial charge in [-0.3, -0.25) is 4.79 Å². The second-order valence-electron chi connectivity index (χ2n) is 5.25. The van der Waals surface area contributed by atoms with E-state index in [1.807, 2.05) is 42.6 Å². The first kappa shape index (κ1) is 16.4. The van der Waals surface area contributed by atoms with Gasteiger partial charge in [0.1, 0.15) is 5.82 Å². The van der Waals surface area contributed by atoms with Crippen molar-refractivity contribution in [2.75, 3.05) is 6.54 Å². The molecule has 6 heteroatoms. The Bertz CT molecular complexity index is 828. The normalized spacial score (nSPS) is 10.6. The van der Waals surface area contributed by atoms with E-state index in [0.29, 0.717) is 17.4 Å². The first-order chi connectivity index (χ1) is 11.6. The van der Waals surface area contributed by atoms with Crippen LogP contribution in [0.25, 0.3) is 5.69 Å². The second-order valence-corrected chi connectivity index (χ2v) is 6.17. The Kier molecular flexibility index (Phi) is 5.05. The lowest BCUT2D eigenvalue weighted by molar-refractivity contribution is 0.0953. The summed E-state index contributed by atoms with van der Waals surface area (Å²) >= 11 is 3.18. The van der Waals surface area contributed by atoms with Crippen molar-refractivity contribution in [3.05, 3.63) is 82.3 Å². The van der Waals surface area contributed by atoms with Crippen molar-refractivity contribution >= 4 is 21.8 Å². The Balaban J connectivity index is 1.57. The summed E-state index contributed by atoms with van der Waals surface area (Å²) in [5.74, 6) is -0.756. The van der Waals surface area contributed by atoms with Crippen molar-refractivity contribution < 1.29 is 9.18 Å². The van der Waals surface area contributed by atoms with Crippen molar-refractivity contribution in [3.63, 3.8) is 0 Å². The van der Waals surface area contributed by atoms with Gasteiger partial charge in [-0.05, 0) is 36.4 Å². The van der Waals surface area contributed by atoms with Crippen LogP contribution in [0.2, 0.25) is 0 Å². The molecular weight excluding hydrogens is 373 g/mol. The lowest BCUT2D eigenvalue weighted by Gasteiger charge is -2.05. The van der Waals surface area contributed by atoms with Crippen LogP contribution in [-0.4, -0.2) is 22.2 Å². The molecule has 0 atom stereocenters. The molecule has 1 N–H and O–H groups in total. The summed E-state index contributed by atoms with van der Waals surface area (Å²) < 4.78 is 15.6. The third-order valence-corrected chi connectivity index (χ3v) is 3.91.